The van der Waals surface area contributed by atoms with Crippen LogP contribution in [-0.4, -0.2) is 23.5 Å². The molecule has 0 aliphatic carbocycles. The summed E-state index contributed by atoms with van der Waals surface area (Å²) in [5.74, 6) is 0.968. The molecule has 0 unspecified atom stereocenters. The first-order chi connectivity index (χ1) is 8.75. The summed E-state index contributed by atoms with van der Waals surface area (Å²) in [5.41, 5.74) is 3.37. The number of nitrogens with zero attached hydrogens (tertiary/aromatic N) is 3. The molecule has 0 atom stereocenters. The molecule has 0 radical (unpaired) electrons. The summed E-state index contributed by atoms with van der Waals surface area (Å²) in [6.07, 6.45) is 1.91. The van der Waals surface area contributed by atoms with Crippen LogP contribution in [0.3, 0.4) is 0 Å². The summed E-state index contributed by atoms with van der Waals surface area (Å²) in [7, 11) is 4.01. The molecule has 0 bridgehead atoms. The highest BCUT2D eigenvalue weighted by Gasteiger charge is 2.09. The van der Waals surface area contributed by atoms with Crippen LogP contribution in [-0.2, 0) is 0 Å². The number of fused-ring (bicyclic) bond motifs is 1. The molecule has 1 aromatic carbocycles. The van der Waals surface area contributed by atoms with E-state index >= 15 is 0 Å². The molecule has 0 aliphatic heterocycles. The van der Waals surface area contributed by atoms with Crippen molar-refractivity contribution >= 4 is 28.3 Å². The second-order valence-corrected chi connectivity index (χ2v) is 5.01. The van der Waals surface area contributed by atoms with Crippen LogP contribution in [0.15, 0.2) is 41.9 Å². The zero-order valence-corrected chi connectivity index (χ0v) is 11.1. The Labute approximate surface area is 110 Å². The quantitative estimate of drug-likeness (QED) is 0.702. The van der Waals surface area contributed by atoms with Gasteiger partial charge in [-0.2, -0.15) is 0 Å². The molecule has 0 fully saturated rings. The second-order valence-electron chi connectivity index (χ2n) is 4.35. The van der Waals surface area contributed by atoms with Gasteiger partial charge in [0.2, 0.25) is 0 Å². The average molecular weight is 255 g/mol. The number of benzene rings is 1. The fraction of sp³-hybridized carbons (Fsp3) is 0.143. The van der Waals surface area contributed by atoms with Gasteiger partial charge in [-0.1, -0.05) is 18.2 Å². The summed E-state index contributed by atoms with van der Waals surface area (Å²) >= 11 is 1.47. The average Bonchev–Trinajstić information content (AvgIpc) is 2.91. The van der Waals surface area contributed by atoms with Crippen molar-refractivity contribution in [2.24, 2.45) is 0 Å². The standard InChI is InChI=1S/C14H13N3S/c1-17(2)14-7-12(10-8-15-18-9-10)11-5-3-4-6-13(11)16-14/h3-9H,1-2H3. The van der Waals surface area contributed by atoms with Crippen LogP contribution in [0.1, 0.15) is 0 Å². The Morgan fingerprint density at radius 2 is 2.00 bits per heavy atom. The van der Waals surface area contributed by atoms with Gasteiger partial charge >= 0.3 is 0 Å². The maximum Gasteiger partial charge on any atom is 0.129 e. The van der Waals surface area contributed by atoms with Crippen LogP contribution < -0.4 is 4.90 Å². The highest BCUT2D eigenvalue weighted by atomic mass is 32.1. The van der Waals surface area contributed by atoms with E-state index in [1.807, 2.05) is 43.4 Å². The molecule has 0 N–H and O–H groups in total. The van der Waals surface area contributed by atoms with Gasteiger partial charge in [0.1, 0.15) is 5.82 Å². The molecule has 3 aromatic rings. The molecule has 18 heavy (non-hydrogen) atoms. The van der Waals surface area contributed by atoms with Crippen LogP contribution in [0.2, 0.25) is 0 Å². The predicted octanol–water partition coefficient (Wildman–Crippen LogP) is 3.42. The van der Waals surface area contributed by atoms with E-state index < -0.39 is 0 Å². The Hall–Kier alpha value is -1.94. The Bertz CT molecular complexity index is 675. The number of aromatic nitrogens is 2. The third-order valence-corrected chi connectivity index (χ3v) is 3.49. The van der Waals surface area contributed by atoms with Crippen molar-refractivity contribution in [2.75, 3.05) is 19.0 Å². The summed E-state index contributed by atoms with van der Waals surface area (Å²) < 4.78 is 4.19. The summed E-state index contributed by atoms with van der Waals surface area (Å²) in [5, 5.41) is 3.24. The molecule has 0 saturated carbocycles. The number of pyridine rings is 1. The van der Waals surface area contributed by atoms with Crippen molar-refractivity contribution in [3.63, 3.8) is 0 Å². The Kier molecular flexibility index (Phi) is 2.72. The van der Waals surface area contributed by atoms with Crippen molar-refractivity contribution < 1.29 is 0 Å². The van der Waals surface area contributed by atoms with E-state index in [9.17, 15) is 0 Å². The van der Waals surface area contributed by atoms with Gasteiger partial charge in [0.05, 0.1) is 5.52 Å². The molecule has 3 nitrogen and oxygen atoms in total. The van der Waals surface area contributed by atoms with E-state index in [2.05, 4.69) is 26.9 Å². The monoisotopic (exact) mass is 255 g/mol. The van der Waals surface area contributed by atoms with Gasteiger partial charge < -0.3 is 4.90 Å². The Morgan fingerprint density at radius 3 is 2.72 bits per heavy atom. The van der Waals surface area contributed by atoms with Gasteiger partial charge in [0, 0.05) is 36.6 Å². The number of hydrogen-bond acceptors (Lipinski definition) is 4. The lowest BCUT2D eigenvalue weighted by Gasteiger charge is -2.14. The minimum absolute atomic E-state index is 0.968. The fourth-order valence-electron chi connectivity index (χ4n) is 1.97. The molecule has 0 amide bonds. The zero-order chi connectivity index (χ0) is 12.5. The van der Waals surface area contributed by atoms with Gasteiger partial charge in [0.25, 0.3) is 0 Å². The van der Waals surface area contributed by atoms with Crippen LogP contribution >= 0.6 is 11.5 Å². The topological polar surface area (TPSA) is 29.0 Å². The highest BCUT2D eigenvalue weighted by molar-refractivity contribution is 7.03. The van der Waals surface area contributed by atoms with E-state index in [-0.39, 0.29) is 0 Å². The van der Waals surface area contributed by atoms with E-state index in [4.69, 9.17) is 0 Å². The highest BCUT2D eigenvalue weighted by Crippen LogP contribution is 2.31. The van der Waals surface area contributed by atoms with Crippen molar-refractivity contribution in [2.45, 2.75) is 0 Å². The Morgan fingerprint density at radius 1 is 1.17 bits per heavy atom. The number of para-hydroxylation sites is 1. The SMILES string of the molecule is CN(C)c1cc(-c2cnsc2)c2ccccc2n1. The molecule has 0 saturated heterocycles. The van der Waals surface area contributed by atoms with Gasteiger partial charge in [-0.25, -0.2) is 9.36 Å². The van der Waals surface area contributed by atoms with Gasteiger partial charge in [-0.15, -0.1) is 0 Å². The van der Waals surface area contributed by atoms with Crippen molar-refractivity contribution in [1.82, 2.24) is 9.36 Å². The molecule has 0 spiro atoms. The largest absolute Gasteiger partial charge is 0.363 e. The van der Waals surface area contributed by atoms with Crippen molar-refractivity contribution in [3.8, 4) is 11.1 Å². The molecular weight excluding hydrogens is 242 g/mol. The van der Waals surface area contributed by atoms with Crippen LogP contribution in [0.5, 0.6) is 0 Å². The number of hydrogen-bond donors (Lipinski definition) is 0. The van der Waals surface area contributed by atoms with Crippen molar-refractivity contribution in [3.05, 3.63) is 41.9 Å². The van der Waals surface area contributed by atoms with E-state index in [0.29, 0.717) is 0 Å². The third-order valence-electron chi connectivity index (χ3n) is 2.90. The summed E-state index contributed by atoms with van der Waals surface area (Å²) in [6.45, 7) is 0. The summed E-state index contributed by atoms with van der Waals surface area (Å²) in [6, 6.07) is 10.3. The van der Waals surface area contributed by atoms with Gasteiger partial charge in [0.15, 0.2) is 0 Å². The maximum absolute atomic E-state index is 4.65. The normalized spacial score (nSPS) is 10.8. The molecule has 2 heterocycles. The van der Waals surface area contributed by atoms with Crippen LogP contribution in [0.25, 0.3) is 22.0 Å². The lowest BCUT2D eigenvalue weighted by atomic mass is 10.0. The first-order valence-corrected chi connectivity index (χ1v) is 6.56. The van der Waals surface area contributed by atoms with Crippen molar-refractivity contribution in [1.29, 1.82) is 0 Å². The number of rotatable bonds is 2. The minimum atomic E-state index is 0.968. The summed E-state index contributed by atoms with van der Waals surface area (Å²) in [4.78, 5) is 6.68. The van der Waals surface area contributed by atoms with Crippen LogP contribution in [0, 0.1) is 0 Å². The fourth-order valence-corrected chi connectivity index (χ4v) is 2.50. The van der Waals surface area contributed by atoms with Gasteiger partial charge in [-0.05, 0) is 29.2 Å². The van der Waals surface area contributed by atoms with E-state index in [1.165, 1.54) is 22.5 Å². The zero-order valence-electron chi connectivity index (χ0n) is 10.3. The molecular formula is C14H13N3S. The second kappa shape index (κ2) is 4.38. The molecule has 90 valence electrons. The lowest BCUT2D eigenvalue weighted by molar-refractivity contribution is 1.08. The smallest absolute Gasteiger partial charge is 0.129 e. The third kappa shape index (κ3) is 1.84. The lowest BCUT2D eigenvalue weighted by Crippen LogP contribution is -2.10. The molecule has 3 rings (SSSR count). The molecule has 4 heteroatoms. The van der Waals surface area contributed by atoms with Crippen LogP contribution in [0.4, 0.5) is 5.82 Å². The van der Waals surface area contributed by atoms with E-state index in [1.54, 1.807) is 0 Å². The Balaban J connectivity index is 2.34. The maximum atomic E-state index is 4.65. The number of anilines is 1. The molecule has 2 aromatic heterocycles. The minimum Gasteiger partial charge on any atom is -0.363 e. The first kappa shape index (κ1) is 11.2. The predicted molar refractivity (Wildman–Crippen MR) is 77.2 cm³/mol. The van der Waals surface area contributed by atoms with E-state index in [0.717, 1.165) is 16.9 Å². The van der Waals surface area contributed by atoms with Gasteiger partial charge in [-0.3, -0.25) is 0 Å². The molecule has 0 aliphatic rings. The first-order valence-electron chi connectivity index (χ1n) is 5.72.